The van der Waals surface area contributed by atoms with E-state index in [-0.39, 0.29) is 10.6 Å². The van der Waals surface area contributed by atoms with Gasteiger partial charge < -0.3 is 10.6 Å². The van der Waals surface area contributed by atoms with Crippen LogP contribution in [0.4, 0.5) is 21.9 Å². The molecule has 26 heavy (non-hydrogen) atoms. The van der Waals surface area contributed by atoms with Gasteiger partial charge in [0.05, 0.1) is 9.82 Å². The number of rotatable bonds is 7. The first kappa shape index (κ1) is 19.3. The molecule has 0 atom stereocenters. The van der Waals surface area contributed by atoms with Crippen molar-refractivity contribution in [1.82, 2.24) is 4.72 Å². The highest BCUT2D eigenvalue weighted by atomic mass is 32.2. The van der Waals surface area contributed by atoms with E-state index in [0.29, 0.717) is 24.3 Å². The third-order valence-electron chi connectivity index (χ3n) is 3.30. The van der Waals surface area contributed by atoms with Crippen LogP contribution in [0.5, 0.6) is 0 Å². The summed E-state index contributed by atoms with van der Waals surface area (Å²) in [6, 6.07) is 10.5. The van der Waals surface area contributed by atoms with Crippen molar-refractivity contribution in [2.75, 3.05) is 17.2 Å². The monoisotopic (exact) mass is 378 g/mol. The first-order valence-corrected chi connectivity index (χ1v) is 9.22. The zero-order valence-corrected chi connectivity index (χ0v) is 14.7. The average molecular weight is 378 g/mol. The first-order valence-electron chi connectivity index (χ1n) is 7.74. The topological polar surface area (TPSA) is 130 Å². The van der Waals surface area contributed by atoms with Crippen LogP contribution in [0.15, 0.2) is 53.4 Å². The van der Waals surface area contributed by atoms with Gasteiger partial charge in [0, 0.05) is 30.1 Å². The van der Waals surface area contributed by atoms with Gasteiger partial charge in [0.25, 0.3) is 5.69 Å². The number of carbonyl (C=O) groups excluding carboxylic acids is 1. The summed E-state index contributed by atoms with van der Waals surface area (Å²) in [7, 11) is -3.56. The lowest BCUT2D eigenvalue weighted by Crippen LogP contribution is -2.24. The predicted octanol–water partition coefficient (Wildman–Crippen LogP) is 2.93. The Kier molecular flexibility index (Phi) is 6.26. The predicted molar refractivity (Wildman–Crippen MR) is 97.7 cm³/mol. The number of sulfonamides is 1. The fraction of sp³-hybridized carbons (Fsp3) is 0.188. The normalized spacial score (nSPS) is 11.0. The number of nitro groups is 1. The first-order chi connectivity index (χ1) is 12.3. The molecule has 138 valence electrons. The molecular weight excluding hydrogens is 360 g/mol. The number of carbonyl (C=O) groups is 1. The fourth-order valence-electron chi connectivity index (χ4n) is 2.00. The van der Waals surface area contributed by atoms with Crippen LogP contribution in [0.2, 0.25) is 0 Å². The molecule has 3 N–H and O–H groups in total. The van der Waals surface area contributed by atoms with Crippen LogP contribution < -0.4 is 15.4 Å². The molecule has 2 aromatic rings. The molecule has 0 spiro atoms. The van der Waals surface area contributed by atoms with Crippen LogP contribution in [0, 0.1) is 10.1 Å². The van der Waals surface area contributed by atoms with Crippen LogP contribution >= 0.6 is 0 Å². The Morgan fingerprint density at radius 2 is 1.50 bits per heavy atom. The van der Waals surface area contributed by atoms with Crippen LogP contribution in [0.1, 0.15) is 13.3 Å². The molecule has 0 aliphatic rings. The van der Waals surface area contributed by atoms with E-state index in [4.69, 9.17) is 0 Å². The summed E-state index contributed by atoms with van der Waals surface area (Å²) >= 11 is 0. The molecule has 0 fully saturated rings. The highest BCUT2D eigenvalue weighted by Crippen LogP contribution is 2.17. The van der Waals surface area contributed by atoms with E-state index in [9.17, 15) is 23.3 Å². The quantitative estimate of drug-likeness (QED) is 0.504. The van der Waals surface area contributed by atoms with Gasteiger partial charge in [-0.05, 0) is 42.8 Å². The number of amides is 2. The Morgan fingerprint density at radius 1 is 1.00 bits per heavy atom. The summed E-state index contributed by atoms with van der Waals surface area (Å²) in [5.41, 5.74) is 0.708. The van der Waals surface area contributed by atoms with E-state index < -0.39 is 21.0 Å². The Labute approximate surface area is 150 Å². The van der Waals surface area contributed by atoms with E-state index in [1.165, 1.54) is 48.5 Å². The van der Waals surface area contributed by atoms with Crippen molar-refractivity contribution in [3.63, 3.8) is 0 Å². The summed E-state index contributed by atoms with van der Waals surface area (Å²) in [5.74, 6) is 0. The van der Waals surface area contributed by atoms with E-state index in [0.717, 1.165) is 0 Å². The third-order valence-corrected chi connectivity index (χ3v) is 4.78. The van der Waals surface area contributed by atoms with Gasteiger partial charge in [-0.2, -0.15) is 0 Å². The molecule has 2 aromatic carbocycles. The number of urea groups is 1. The van der Waals surface area contributed by atoms with E-state index in [1.807, 2.05) is 6.92 Å². The minimum Gasteiger partial charge on any atom is -0.308 e. The lowest BCUT2D eigenvalue weighted by molar-refractivity contribution is -0.384. The smallest absolute Gasteiger partial charge is 0.308 e. The van der Waals surface area contributed by atoms with Crippen LogP contribution in [-0.4, -0.2) is 25.9 Å². The molecule has 0 radical (unpaired) electrons. The van der Waals surface area contributed by atoms with Crippen molar-refractivity contribution in [2.24, 2.45) is 0 Å². The van der Waals surface area contributed by atoms with Gasteiger partial charge in [-0.15, -0.1) is 0 Å². The summed E-state index contributed by atoms with van der Waals surface area (Å²) in [5, 5.41) is 15.7. The van der Waals surface area contributed by atoms with Crippen LogP contribution in [0.3, 0.4) is 0 Å². The van der Waals surface area contributed by atoms with Crippen molar-refractivity contribution in [2.45, 2.75) is 18.2 Å². The molecule has 9 nitrogen and oxygen atoms in total. The standard InChI is InChI=1S/C16H18N4O5S/c1-2-11-17-26(24,25)15-9-5-13(6-10-15)19-16(21)18-12-3-7-14(8-4-12)20(22)23/h3-10,17H,2,11H2,1H3,(H2,18,19,21). The highest BCUT2D eigenvalue weighted by Gasteiger charge is 2.13. The highest BCUT2D eigenvalue weighted by molar-refractivity contribution is 7.89. The largest absolute Gasteiger partial charge is 0.323 e. The van der Waals surface area contributed by atoms with Gasteiger partial charge in [0.1, 0.15) is 0 Å². The molecule has 10 heteroatoms. The zero-order valence-electron chi connectivity index (χ0n) is 13.9. The van der Waals surface area contributed by atoms with Crippen molar-refractivity contribution >= 4 is 33.1 Å². The number of nitrogens with one attached hydrogen (secondary N) is 3. The SMILES string of the molecule is CCCNS(=O)(=O)c1ccc(NC(=O)Nc2ccc([N+](=O)[O-])cc2)cc1. The molecule has 2 amide bonds. The van der Waals surface area contributed by atoms with Crippen molar-refractivity contribution < 1.29 is 18.1 Å². The second-order valence-electron chi connectivity index (χ2n) is 5.31. The molecule has 0 aromatic heterocycles. The molecule has 2 rings (SSSR count). The second kappa shape index (κ2) is 8.41. The minimum atomic E-state index is -3.56. The summed E-state index contributed by atoms with van der Waals surface area (Å²) in [6.07, 6.45) is 0.682. The molecule has 0 heterocycles. The minimum absolute atomic E-state index is 0.0792. The Bertz CT molecular complexity index is 880. The Morgan fingerprint density at radius 3 is 1.96 bits per heavy atom. The van der Waals surface area contributed by atoms with Gasteiger partial charge in [0.15, 0.2) is 0 Å². The summed E-state index contributed by atoms with van der Waals surface area (Å²) in [4.78, 5) is 22.1. The maximum absolute atomic E-state index is 12.0. The molecule has 0 saturated carbocycles. The lowest BCUT2D eigenvalue weighted by atomic mass is 10.3. The number of benzene rings is 2. The van der Waals surface area contributed by atoms with Gasteiger partial charge in [-0.25, -0.2) is 17.9 Å². The lowest BCUT2D eigenvalue weighted by Gasteiger charge is -2.09. The summed E-state index contributed by atoms with van der Waals surface area (Å²) in [6.45, 7) is 2.21. The molecule has 0 bridgehead atoms. The van der Waals surface area contributed by atoms with E-state index in [1.54, 1.807) is 0 Å². The maximum atomic E-state index is 12.0. The number of nitro benzene ring substituents is 1. The molecular formula is C16H18N4O5S. The van der Waals surface area contributed by atoms with Crippen molar-refractivity contribution in [3.8, 4) is 0 Å². The number of non-ortho nitro benzene ring substituents is 1. The zero-order chi connectivity index (χ0) is 19.2. The van der Waals surface area contributed by atoms with Crippen molar-refractivity contribution in [3.05, 3.63) is 58.6 Å². The second-order valence-corrected chi connectivity index (χ2v) is 7.07. The molecule has 0 unspecified atom stereocenters. The van der Waals surface area contributed by atoms with Crippen LogP contribution in [-0.2, 0) is 10.0 Å². The number of nitrogens with zero attached hydrogens (tertiary/aromatic N) is 1. The Balaban J connectivity index is 1.98. The third kappa shape index (κ3) is 5.26. The molecule has 0 aliphatic heterocycles. The Hall–Kier alpha value is -2.98. The number of hydrogen-bond acceptors (Lipinski definition) is 5. The number of anilines is 2. The maximum Gasteiger partial charge on any atom is 0.323 e. The van der Waals surface area contributed by atoms with Gasteiger partial charge in [-0.3, -0.25) is 10.1 Å². The summed E-state index contributed by atoms with van der Waals surface area (Å²) < 4.78 is 26.4. The van der Waals surface area contributed by atoms with E-state index >= 15 is 0 Å². The van der Waals surface area contributed by atoms with Gasteiger partial charge >= 0.3 is 6.03 Å². The average Bonchev–Trinajstić information content (AvgIpc) is 2.61. The van der Waals surface area contributed by atoms with Gasteiger partial charge in [-0.1, -0.05) is 6.92 Å². The van der Waals surface area contributed by atoms with Gasteiger partial charge in [0.2, 0.25) is 10.0 Å². The fourth-order valence-corrected chi connectivity index (χ4v) is 3.13. The van der Waals surface area contributed by atoms with Crippen molar-refractivity contribution in [1.29, 1.82) is 0 Å². The number of hydrogen-bond donors (Lipinski definition) is 3. The molecule has 0 saturated heterocycles. The van der Waals surface area contributed by atoms with Crippen LogP contribution in [0.25, 0.3) is 0 Å². The molecule has 0 aliphatic carbocycles. The van der Waals surface area contributed by atoms with E-state index in [2.05, 4.69) is 15.4 Å².